The fourth-order valence-corrected chi connectivity index (χ4v) is 1.56. The number of benzene rings is 1. The molecule has 5 nitrogen and oxygen atoms in total. The lowest BCUT2D eigenvalue weighted by Gasteiger charge is -2.10. The molecule has 1 rings (SSSR count). The van der Waals surface area contributed by atoms with Crippen LogP contribution in [0.15, 0.2) is 12.1 Å². The van der Waals surface area contributed by atoms with Crippen molar-refractivity contribution in [3.63, 3.8) is 0 Å². The number of hydrogen-bond donors (Lipinski definition) is 2. The lowest BCUT2D eigenvalue weighted by Crippen LogP contribution is -2.12. The average molecular weight is 234 g/mol. The topological polar surface area (TPSA) is 96.3 Å². The zero-order valence-electron chi connectivity index (χ0n) is 9.56. The van der Waals surface area contributed by atoms with E-state index in [1.807, 2.05) is 6.07 Å². The van der Waals surface area contributed by atoms with Gasteiger partial charge in [0.2, 0.25) is 0 Å². The Labute approximate surface area is 99.4 Å². The van der Waals surface area contributed by atoms with Gasteiger partial charge in [0.15, 0.2) is 0 Å². The first kappa shape index (κ1) is 13.0. The van der Waals surface area contributed by atoms with Crippen molar-refractivity contribution < 1.29 is 14.6 Å². The third kappa shape index (κ3) is 3.20. The van der Waals surface area contributed by atoms with Crippen LogP contribution in [0.3, 0.4) is 0 Å². The second-order valence-corrected chi connectivity index (χ2v) is 3.43. The number of phenolic OH excluding ortho intramolecular Hbond substituents is 1. The van der Waals surface area contributed by atoms with E-state index in [4.69, 9.17) is 15.7 Å². The zero-order valence-corrected chi connectivity index (χ0v) is 9.56. The van der Waals surface area contributed by atoms with Crippen LogP contribution in [0, 0.1) is 11.3 Å². The molecule has 3 N–H and O–H groups in total. The van der Waals surface area contributed by atoms with Gasteiger partial charge in [-0.25, -0.2) is 0 Å². The van der Waals surface area contributed by atoms with Crippen molar-refractivity contribution in [3.05, 3.63) is 28.8 Å². The number of hydrogen-bond acceptors (Lipinski definition) is 5. The van der Waals surface area contributed by atoms with Crippen LogP contribution in [0.25, 0.3) is 0 Å². The number of carbonyl (C=O) groups excluding carboxylic acids is 1. The van der Waals surface area contributed by atoms with Crippen LogP contribution < -0.4 is 5.73 Å². The van der Waals surface area contributed by atoms with Crippen molar-refractivity contribution >= 4 is 5.97 Å². The van der Waals surface area contributed by atoms with Crippen LogP contribution in [-0.2, 0) is 22.5 Å². The first-order valence-electron chi connectivity index (χ1n) is 5.22. The highest BCUT2D eigenvalue weighted by Crippen LogP contribution is 2.22. The van der Waals surface area contributed by atoms with Gasteiger partial charge in [-0.1, -0.05) is 0 Å². The third-order valence-electron chi connectivity index (χ3n) is 2.29. The molecular formula is C12H14N2O3. The summed E-state index contributed by atoms with van der Waals surface area (Å²) in [6.45, 7) is 2.15. The molecule has 0 aliphatic heterocycles. The van der Waals surface area contributed by atoms with Crippen molar-refractivity contribution in [3.8, 4) is 11.8 Å². The maximum Gasteiger partial charge on any atom is 0.310 e. The van der Waals surface area contributed by atoms with E-state index in [0.29, 0.717) is 11.1 Å². The summed E-state index contributed by atoms with van der Waals surface area (Å²) >= 11 is 0. The van der Waals surface area contributed by atoms with Gasteiger partial charge >= 0.3 is 5.97 Å². The van der Waals surface area contributed by atoms with Crippen molar-refractivity contribution in [2.75, 3.05) is 6.61 Å². The van der Waals surface area contributed by atoms with Crippen LogP contribution in [0.5, 0.6) is 5.75 Å². The minimum Gasteiger partial charge on any atom is -0.508 e. The monoisotopic (exact) mass is 234 g/mol. The molecule has 0 bridgehead atoms. The van der Waals surface area contributed by atoms with Gasteiger partial charge in [-0.2, -0.15) is 5.26 Å². The summed E-state index contributed by atoms with van der Waals surface area (Å²) in [4.78, 5) is 11.4. The smallest absolute Gasteiger partial charge is 0.310 e. The Kier molecular flexibility index (Phi) is 4.49. The highest BCUT2D eigenvalue weighted by atomic mass is 16.5. The van der Waals surface area contributed by atoms with E-state index in [1.54, 1.807) is 6.92 Å². The predicted molar refractivity (Wildman–Crippen MR) is 61.1 cm³/mol. The molecule has 0 heterocycles. The van der Waals surface area contributed by atoms with Gasteiger partial charge in [0.1, 0.15) is 5.75 Å². The average Bonchev–Trinajstić information content (AvgIpc) is 2.31. The highest BCUT2D eigenvalue weighted by molar-refractivity contribution is 5.74. The molecule has 1 aromatic carbocycles. The minimum atomic E-state index is -0.413. The second kappa shape index (κ2) is 5.87. The Balaban J connectivity index is 3.12. The SMILES string of the molecule is CCOC(=O)Cc1c(C#N)cc(O)cc1CN. The van der Waals surface area contributed by atoms with Gasteiger partial charge < -0.3 is 15.6 Å². The normalized spacial score (nSPS) is 9.71. The molecule has 0 aliphatic carbocycles. The molecule has 0 saturated heterocycles. The summed E-state index contributed by atoms with van der Waals surface area (Å²) < 4.78 is 4.82. The molecule has 0 atom stereocenters. The van der Waals surface area contributed by atoms with Crippen molar-refractivity contribution in [2.24, 2.45) is 5.73 Å². The molecule has 5 heteroatoms. The van der Waals surface area contributed by atoms with E-state index in [-0.39, 0.29) is 30.9 Å². The number of nitriles is 1. The van der Waals surface area contributed by atoms with Gasteiger partial charge in [0.25, 0.3) is 0 Å². The maximum atomic E-state index is 11.4. The molecule has 0 amide bonds. The van der Waals surface area contributed by atoms with Gasteiger partial charge in [-0.15, -0.1) is 0 Å². The predicted octanol–water partition coefficient (Wildman–Crippen LogP) is 0.828. The second-order valence-electron chi connectivity index (χ2n) is 3.43. The fraction of sp³-hybridized carbons (Fsp3) is 0.333. The molecule has 0 saturated carbocycles. The molecular weight excluding hydrogens is 220 g/mol. The molecule has 0 aliphatic rings. The van der Waals surface area contributed by atoms with Crippen LogP contribution in [0.2, 0.25) is 0 Å². The summed E-state index contributed by atoms with van der Waals surface area (Å²) in [6.07, 6.45) is -0.0104. The molecule has 0 spiro atoms. The number of nitrogens with two attached hydrogens (primary N) is 1. The molecule has 0 radical (unpaired) electrons. The van der Waals surface area contributed by atoms with Crippen LogP contribution >= 0.6 is 0 Å². The Morgan fingerprint density at radius 2 is 2.29 bits per heavy atom. The molecule has 17 heavy (non-hydrogen) atoms. The van der Waals surface area contributed by atoms with Crippen molar-refractivity contribution in [1.29, 1.82) is 5.26 Å². The van der Waals surface area contributed by atoms with Gasteiger partial charge in [-0.05, 0) is 30.2 Å². The summed E-state index contributed by atoms with van der Waals surface area (Å²) in [5, 5.41) is 18.3. The summed E-state index contributed by atoms with van der Waals surface area (Å²) in [5.74, 6) is -0.445. The van der Waals surface area contributed by atoms with E-state index < -0.39 is 5.97 Å². The Bertz CT molecular complexity index is 464. The molecule has 0 unspecified atom stereocenters. The number of nitrogens with zero attached hydrogens (tertiary/aromatic N) is 1. The Hall–Kier alpha value is -2.06. The minimum absolute atomic E-state index is 0.0104. The quantitative estimate of drug-likeness (QED) is 0.752. The lowest BCUT2D eigenvalue weighted by atomic mass is 9.98. The van der Waals surface area contributed by atoms with E-state index in [9.17, 15) is 9.90 Å². The molecule has 1 aromatic rings. The number of phenols is 1. The molecule has 0 aromatic heterocycles. The first-order chi connectivity index (χ1) is 8.12. The van der Waals surface area contributed by atoms with Crippen molar-refractivity contribution in [2.45, 2.75) is 19.9 Å². The Morgan fingerprint density at radius 1 is 1.59 bits per heavy atom. The summed E-state index contributed by atoms with van der Waals surface area (Å²) in [5.41, 5.74) is 6.87. The fourth-order valence-electron chi connectivity index (χ4n) is 1.56. The van der Waals surface area contributed by atoms with Crippen LogP contribution in [0.4, 0.5) is 0 Å². The molecule has 0 fully saturated rings. The first-order valence-corrected chi connectivity index (χ1v) is 5.22. The van der Waals surface area contributed by atoms with Crippen LogP contribution in [-0.4, -0.2) is 17.7 Å². The number of carbonyl (C=O) groups is 1. The number of esters is 1. The van der Waals surface area contributed by atoms with Gasteiger partial charge in [0, 0.05) is 6.54 Å². The summed E-state index contributed by atoms with van der Waals surface area (Å²) in [7, 11) is 0. The molecule has 90 valence electrons. The highest BCUT2D eigenvalue weighted by Gasteiger charge is 2.14. The Morgan fingerprint density at radius 3 is 2.82 bits per heavy atom. The lowest BCUT2D eigenvalue weighted by molar-refractivity contribution is -0.142. The van der Waals surface area contributed by atoms with E-state index in [0.717, 1.165) is 0 Å². The maximum absolute atomic E-state index is 11.4. The number of aromatic hydroxyl groups is 1. The number of rotatable bonds is 4. The largest absolute Gasteiger partial charge is 0.508 e. The van der Waals surface area contributed by atoms with E-state index in [2.05, 4.69) is 0 Å². The van der Waals surface area contributed by atoms with Crippen LogP contribution in [0.1, 0.15) is 23.6 Å². The standard InChI is InChI=1S/C12H14N2O3/c1-2-17-12(16)5-11-8(6-13)3-10(15)4-9(11)7-14/h3-4,15H,2,5-6,13H2,1H3. The summed E-state index contributed by atoms with van der Waals surface area (Å²) in [6, 6.07) is 4.70. The zero-order chi connectivity index (χ0) is 12.8. The van der Waals surface area contributed by atoms with Gasteiger partial charge in [0.05, 0.1) is 24.7 Å². The van der Waals surface area contributed by atoms with Crippen molar-refractivity contribution in [1.82, 2.24) is 0 Å². The van der Waals surface area contributed by atoms with E-state index >= 15 is 0 Å². The number of ether oxygens (including phenoxy) is 1. The third-order valence-corrected chi connectivity index (χ3v) is 2.29. The van der Waals surface area contributed by atoms with E-state index in [1.165, 1.54) is 12.1 Å². The van der Waals surface area contributed by atoms with Gasteiger partial charge in [-0.3, -0.25) is 4.79 Å².